The molecule has 1 aliphatic rings. The lowest BCUT2D eigenvalue weighted by atomic mass is 10.0. The largest absolute Gasteiger partial charge is 0.324 e. The molecule has 1 aromatic rings. The SMILES string of the molecule is CCc1cc2c(cc1I)CC[C@H]2N. The molecule has 0 amide bonds. The molecule has 0 aromatic heterocycles. The number of hydrogen-bond donors (Lipinski definition) is 1. The van der Waals surface area contributed by atoms with Crippen LogP contribution in [-0.4, -0.2) is 0 Å². The van der Waals surface area contributed by atoms with Gasteiger partial charge in [-0.3, -0.25) is 0 Å². The van der Waals surface area contributed by atoms with Crippen molar-refractivity contribution in [3.63, 3.8) is 0 Å². The van der Waals surface area contributed by atoms with Crippen LogP contribution in [0.2, 0.25) is 0 Å². The number of aryl methyl sites for hydroxylation is 2. The Labute approximate surface area is 92.9 Å². The molecule has 2 rings (SSSR count). The second-order valence-corrected chi connectivity index (χ2v) is 4.80. The zero-order valence-electron chi connectivity index (χ0n) is 7.81. The zero-order valence-corrected chi connectivity index (χ0v) is 9.97. The molecule has 1 nitrogen and oxygen atoms in total. The van der Waals surface area contributed by atoms with Gasteiger partial charge in [-0.15, -0.1) is 0 Å². The van der Waals surface area contributed by atoms with Gasteiger partial charge in [0.25, 0.3) is 0 Å². The molecule has 70 valence electrons. The molecule has 0 heterocycles. The Kier molecular flexibility index (Phi) is 2.60. The molecule has 0 bridgehead atoms. The van der Waals surface area contributed by atoms with Crippen molar-refractivity contribution in [3.05, 3.63) is 32.4 Å². The van der Waals surface area contributed by atoms with Crippen LogP contribution in [0.4, 0.5) is 0 Å². The maximum absolute atomic E-state index is 6.02. The lowest BCUT2D eigenvalue weighted by Gasteiger charge is -2.08. The second kappa shape index (κ2) is 3.58. The van der Waals surface area contributed by atoms with Crippen LogP contribution in [0.25, 0.3) is 0 Å². The van der Waals surface area contributed by atoms with E-state index in [1.165, 1.54) is 20.3 Å². The first-order valence-corrected chi connectivity index (χ1v) is 5.87. The summed E-state index contributed by atoms with van der Waals surface area (Å²) in [5, 5.41) is 0. The molecule has 13 heavy (non-hydrogen) atoms. The Morgan fingerprint density at radius 2 is 2.31 bits per heavy atom. The molecular weight excluding hydrogens is 273 g/mol. The van der Waals surface area contributed by atoms with E-state index in [2.05, 4.69) is 41.6 Å². The molecule has 1 atom stereocenters. The number of halogens is 1. The quantitative estimate of drug-likeness (QED) is 0.790. The highest BCUT2D eigenvalue weighted by atomic mass is 127. The van der Waals surface area contributed by atoms with E-state index in [-0.39, 0.29) is 6.04 Å². The predicted molar refractivity (Wildman–Crippen MR) is 63.8 cm³/mol. The van der Waals surface area contributed by atoms with Gasteiger partial charge in [-0.1, -0.05) is 13.0 Å². The van der Waals surface area contributed by atoms with Gasteiger partial charge in [0.1, 0.15) is 0 Å². The van der Waals surface area contributed by atoms with Gasteiger partial charge in [-0.05, 0) is 64.6 Å². The highest BCUT2D eigenvalue weighted by Crippen LogP contribution is 2.32. The van der Waals surface area contributed by atoms with Crippen LogP contribution in [0.15, 0.2) is 12.1 Å². The molecule has 2 heteroatoms. The highest BCUT2D eigenvalue weighted by Gasteiger charge is 2.19. The summed E-state index contributed by atoms with van der Waals surface area (Å²) in [4.78, 5) is 0. The Bertz CT molecular complexity index is 333. The fraction of sp³-hybridized carbons (Fsp3) is 0.455. The fourth-order valence-corrected chi connectivity index (χ4v) is 2.89. The van der Waals surface area contributed by atoms with Gasteiger partial charge < -0.3 is 5.73 Å². The van der Waals surface area contributed by atoms with Crippen molar-refractivity contribution in [1.82, 2.24) is 0 Å². The zero-order chi connectivity index (χ0) is 9.42. The van der Waals surface area contributed by atoms with E-state index in [0.29, 0.717) is 0 Å². The molecule has 1 aliphatic carbocycles. The van der Waals surface area contributed by atoms with E-state index < -0.39 is 0 Å². The van der Waals surface area contributed by atoms with Gasteiger partial charge in [-0.25, -0.2) is 0 Å². The summed E-state index contributed by atoms with van der Waals surface area (Å²) in [6, 6.07) is 4.90. The minimum atomic E-state index is 0.289. The third-order valence-corrected chi connectivity index (χ3v) is 3.82. The molecule has 1 aromatic carbocycles. The summed E-state index contributed by atoms with van der Waals surface area (Å²) < 4.78 is 1.40. The van der Waals surface area contributed by atoms with Crippen LogP contribution in [0.5, 0.6) is 0 Å². The second-order valence-electron chi connectivity index (χ2n) is 3.64. The first-order valence-electron chi connectivity index (χ1n) is 4.79. The molecule has 0 fully saturated rings. The summed E-state index contributed by atoms with van der Waals surface area (Å²) >= 11 is 2.42. The number of benzene rings is 1. The maximum Gasteiger partial charge on any atom is 0.0300 e. The summed E-state index contributed by atoms with van der Waals surface area (Å²) in [7, 11) is 0. The van der Waals surface area contributed by atoms with Gasteiger partial charge in [0, 0.05) is 9.61 Å². The highest BCUT2D eigenvalue weighted by molar-refractivity contribution is 14.1. The van der Waals surface area contributed by atoms with Crippen molar-refractivity contribution < 1.29 is 0 Å². The van der Waals surface area contributed by atoms with Crippen molar-refractivity contribution in [2.45, 2.75) is 32.2 Å². The topological polar surface area (TPSA) is 26.0 Å². The smallest absolute Gasteiger partial charge is 0.0300 e. The monoisotopic (exact) mass is 287 g/mol. The minimum absolute atomic E-state index is 0.289. The molecule has 0 spiro atoms. The van der Waals surface area contributed by atoms with Crippen LogP contribution in [0, 0.1) is 3.57 Å². The number of fused-ring (bicyclic) bond motifs is 1. The first-order chi connectivity index (χ1) is 6.22. The Balaban J connectivity index is 2.51. The van der Waals surface area contributed by atoms with E-state index in [4.69, 9.17) is 5.73 Å². The summed E-state index contributed by atoms with van der Waals surface area (Å²) in [5.41, 5.74) is 10.3. The van der Waals surface area contributed by atoms with Crippen LogP contribution in [-0.2, 0) is 12.8 Å². The van der Waals surface area contributed by atoms with E-state index >= 15 is 0 Å². The molecule has 0 aliphatic heterocycles. The third kappa shape index (κ3) is 1.62. The standard InChI is InChI=1S/C11H14IN/c1-2-7-5-9-8(6-10(7)12)3-4-11(9)13/h5-6,11H,2-4,13H2,1H3/t11-/m1/s1. The predicted octanol–water partition coefficient (Wildman–Crippen LogP) is 2.80. The first kappa shape index (κ1) is 9.46. The van der Waals surface area contributed by atoms with Gasteiger partial charge in [0.15, 0.2) is 0 Å². The van der Waals surface area contributed by atoms with Crippen LogP contribution in [0.1, 0.15) is 36.1 Å². The van der Waals surface area contributed by atoms with E-state index in [0.717, 1.165) is 19.3 Å². The van der Waals surface area contributed by atoms with Crippen LogP contribution in [0.3, 0.4) is 0 Å². The molecule has 0 saturated heterocycles. The number of rotatable bonds is 1. The van der Waals surface area contributed by atoms with Crippen LogP contribution >= 0.6 is 22.6 Å². The molecule has 0 saturated carbocycles. The Hall–Kier alpha value is -0.0900. The minimum Gasteiger partial charge on any atom is -0.324 e. The average molecular weight is 287 g/mol. The van der Waals surface area contributed by atoms with E-state index in [1.54, 1.807) is 0 Å². The number of hydrogen-bond acceptors (Lipinski definition) is 1. The maximum atomic E-state index is 6.02. The average Bonchev–Trinajstić information content (AvgIpc) is 2.46. The van der Waals surface area contributed by atoms with Crippen molar-refractivity contribution >= 4 is 22.6 Å². The van der Waals surface area contributed by atoms with Crippen molar-refractivity contribution in [2.75, 3.05) is 0 Å². The van der Waals surface area contributed by atoms with E-state index in [1.807, 2.05) is 0 Å². The lowest BCUT2D eigenvalue weighted by molar-refractivity contribution is 0.713. The van der Waals surface area contributed by atoms with Gasteiger partial charge in [0.2, 0.25) is 0 Å². The third-order valence-electron chi connectivity index (χ3n) is 2.81. The van der Waals surface area contributed by atoms with E-state index in [9.17, 15) is 0 Å². The van der Waals surface area contributed by atoms with Gasteiger partial charge >= 0.3 is 0 Å². The Morgan fingerprint density at radius 1 is 1.54 bits per heavy atom. The van der Waals surface area contributed by atoms with Crippen LogP contribution < -0.4 is 5.73 Å². The summed E-state index contributed by atoms with van der Waals surface area (Å²) in [6.07, 6.45) is 3.40. The van der Waals surface area contributed by atoms with Crippen molar-refractivity contribution in [2.24, 2.45) is 5.73 Å². The summed E-state index contributed by atoms with van der Waals surface area (Å²) in [5.74, 6) is 0. The lowest BCUT2D eigenvalue weighted by Crippen LogP contribution is -2.06. The molecule has 0 radical (unpaired) electrons. The van der Waals surface area contributed by atoms with Gasteiger partial charge in [-0.2, -0.15) is 0 Å². The van der Waals surface area contributed by atoms with Crippen molar-refractivity contribution in [3.8, 4) is 0 Å². The molecule has 0 unspecified atom stereocenters. The van der Waals surface area contributed by atoms with Crippen molar-refractivity contribution in [1.29, 1.82) is 0 Å². The normalized spacial score (nSPS) is 20.4. The molecule has 2 N–H and O–H groups in total. The Morgan fingerprint density at radius 3 is 3.00 bits per heavy atom. The van der Waals surface area contributed by atoms with Gasteiger partial charge in [0.05, 0.1) is 0 Å². The number of nitrogens with two attached hydrogens (primary N) is 1. The summed E-state index contributed by atoms with van der Waals surface area (Å²) in [6.45, 7) is 2.20. The molecular formula is C11H14IN. The fourth-order valence-electron chi connectivity index (χ4n) is 1.98.